The van der Waals surface area contributed by atoms with Gasteiger partial charge in [-0.25, -0.2) is 4.52 Å². The van der Waals surface area contributed by atoms with Crippen LogP contribution in [0.25, 0.3) is 16.6 Å². The van der Waals surface area contributed by atoms with Crippen molar-refractivity contribution >= 4 is 28.2 Å². The normalized spacial score (nSPS) is 15.6. The quantitative estimate of drug-likeness (QED) is 0.603. The first kappa shape index (κ1) is 16.3. The van der Waals surface area contributed by atoms with Crippen molar-refractivity contribution in [2.24, 2.45) is 13.0 Å². The van der Waals surface area contributed by atoms with Crippen LogP contribution in [0.3, 0.4) is 0 Å². The van der Waals surface area contributed by atoms with Crippen LogP contribution in [0.2, 0.25) is 0 Å². The first-order valence-corrected chi connectivity index (χ1v) is 9.37. The van der Waals surface area contributed by atoms with Crippen molar-refractivity contribution in [3.63, 3.8) is 0 Å². The third-order valence-corrected chi connectivity index (χ3v) is 5.28. The van der Waals surface area contributed by atoms with Crippen molar-refractivity contribution < 1.29 is 4.74 Å². The molecule has 1 aliphatic rings. The number of nitrogens with zero attached hydrogens (tertiary/aromatic N) is 5. The van der Waals surface area contributed by atoms with Crippen LogP contribution in [0.1, 0.15) is 18.5 Å². The molecule has 0 atom stereocenters. The molecule has 7 heteroatoms. The lowest BCUT2D eigenvalue weighted by molar-refractivity contribution is 0.0661. The minimum Gasteiger partial charge on any atom is -0.381 e. The average molecular weight is 362 g/mol. The number of ether oxygens (including phenoxy) is 1. The number of anilines is 2. The van der Waals surface area contributed by atoms with E-state index in [-0.39, 0.29) is 0 Å². The molecule has 1 aliphatic heterocycles. The summed E-state index contributed by atoms with van der Waals surface area (Å²) in [6.07, 6.45) is 5.09. The van der Waals surface area contributed by atoms with Crippen molar-refractivity contribution in [1.82, 2.24) is 24.4 Å². The number of benzene rings is 1. The van der Waals surface area contributed by atoms with Gasteiger partial charge in [0.2, 0.25) is 5.95 Å². The Morgan fingerprint density at radius 3 is 2.96 bits per heavy atom. The number of fused-ring (bicyclic) bond motifs is 2. The second kappa shape index (κ2) is 6.66. The fourth-order valence-corrected chi connectivity index (χ4v) is 3.76. The fraction of sp³-hybridized carbons (Fsp3) is 0.350. The molecule has 4 heterocycles. The van der Waals surface area contributed by atoms with Gasteiger partial charge in [-0.2, -0.15) is 10.1 Å². The zero-order valence-electron chi connectivity index (χ0n) is 15.3. The Labute approximate surface area is 157 Å². The van der Waals surface area contributed by atoms with Gasteiger partial charge in [0.05, 0.1) is 11.7 Å². The standard InChI is InChI=1S/C20H22N6O/c1-25-18-12-16(6-5-15(18)13-21-25)22-20-23-19-4-2-3-17(26(19)24-20)11-14-7-9-27-10-8-14/h2-6,12-14H,7-11H2,1H3,(H,22,24). The Hall–Kier alpha value is -2.93. The van der Waals surface area contributed by atoms with Crippen molar-refractivity contribution in [3.05, 3.63) is 48.3 Å². The maximum atomic E-state index is 5.48. The van der Waals surface area contributed by atoms with Crippen LogP contribution in [0.5, 0.6) is 0 Å². The Morgan fingerprint density at radius 2 is 2.07 bits per heavy atom. The molecule has 1 N–H and O–H groups in total. The van der Waals surface area contributed by atoms with Crippen LogP contribution in [-0.4, -0.2) is 37.6 Å². The third kappa shape index (κ3) is 3.14. The van der Waals surface area contributed by atoms with Gasteiger partial charge >= 0.3 is 0 Å². The molecule has 0 aliphatic carbocycles. The second-order valence-corrected chi connectivity index (χ2v) is 7.15. The van der Waals surface area contributed by atoms with E-state index in [0.29, 0.717) is 11.9 Å². The molecule has 1 saturated heterocycles. The van der Waals surface area contributed by atoms with Gasteiger partial charge < -0.3 is 10.1 Å². The summed E-state index contributed by atoms with van der Waals surface area (Å²) in [4.78, 5) is 4.65. The SMILES string of the molecule is Cn1ncc2ccc(Nc3nc4cccc(CC5CCOCC5)n4n3)cc21. The first-order chi connectivity index (χ1) is 13.3. The molecule has 0 saturated carbocycles. The van der Waals surface area contributed by atoms with E-state index in [1.165, 1.54) is 5.69 Å². The number of hydrogen-bond acceptors (Lipinski definition) is 5. The molecule has 4 aromatic rings. The molecule has 0 spiro atoms. The topological polar surface area (TPSA) is 69.3 Å². The maximum absolute atomic E-state index is 5.48. The molecule has 0 bridgehead atoms. The molecular formula is C20H22N6O. The highest BCUT2D eigenvalue weighted by molar-refractivity contribution is 5.83. The zero-order chi connectivity index (χ0) is 18.2. The molecule has 0 unspecified atom stereocenters. The summed E-state index contributed by atoms with van der Waals surface area (Å²) in [5.41, 5.74) is 4.09. The highest BCUT2D eigenvalue weighted by Crippen LogP contribution is 2.23. The minimum atomic E-state index is 0.607. The molecule has 138 valence electrons. The fourth-order valence-electron chi connectivity index (χ4n) is 3.76. The molecule has 0 amide bonds. The third-order valence-electron chi connectivity index (χ3n) is 5.28. The summed E-state index contributed by atoms with van der Waals surface area (Å²) in [5, 5.41) is 13.4. The summed E-state index contributed by atoms with van der Waals surface area (Å²) in [7, 11) is 1.94. The zero-order valence-corrected chi connectivity index (χ0v) is 15.3. The van der Waals surface area contributed by atoms with Gasteiger partial charge in [-0.05, 0) is 55.5 Å². The highest BCUT2D eigenvalue weighted by atomic mass is 16.5. The van der Waals surface area contributed by atoms with Gasteiger partial charge in [0.25, 0.3) is 0 Å². The van der Waals surface area contributed by atoms with E-state index in [1.807, 2.05) is 34.6 Å². The smallest absolute Gasteiger partial charge is 0.247 e. The van der Waals surface area contributed by atoms with E-state index in [9.17, 15) is 0 Å². The van der Waals surface area contributed by atoms with E-state index in [0.717, 1.165) is 54.7 Å². The largest absolute Gasteiger partial charge is 0.381 e. The first-order valence-electron chi connectivity index (χ1n) is 9.37. The van der Waals surface area contributed by atoms with E-state index >= 15 is 0 Å². The molecular weight excluding hydrogens is 340 g/mol. The Kier molecular flexibility index (Phi) is 4.01. The van der Waals surface area contributed by atoms with E-state index in [4.69, 9.17) is 9.84 Å². The van der Waals surface area contributed by atoms with Crippen LogP contribution in [0, 0.1) is 5.92 Å². The number of nitrogens with one attached hydrogen (secondary N) is 1. The number of rotatable bonds is 4. The van der Waals surface area contributed by atoms with Gasteiger partial charge in [0.15, 0.2) is 5.65 Å². The minimum absolute atomic E-state index is 0.607. The summed E-state index contributed by atoms with van der Waals surface area (Å²) < 4.78 is 9.30. The lowest BCUT2D eigenvalue weighted by Crippen LogP contribution is -2.18. The van der Waals surface area contributed by atoms with Crippen molar-refractivity contribution in [2.75, 3.05) is 18.5 Å². The predicted octanol–water partition coefficient (Wildman–Crippen LogP) is 3.33. The molecule has 1 aromatic carbocycles. The molecule has 5 rings (SSSR count). The summed E-state index contributed by atoms with van der Waals surface area (Å²) in [6, 6.07) is 12.3. The van der Waals surface area contributed by atoms with Crippen LogP contribution in [-0.2, 0) is 18.2 Å². The Bertz CT molecular complexity index is 1090. The van der Waals surface area contributed by atoms with E-state index < -0.39 is 0 Å². The molecule has 3 aromatic heterocycles. The predicted molar refractivity (Wildman–Crippen MR) is 104 cm³/mol. The van der Waals surface area contributed by atoms with Gasteiger partial charge in [0, 0.05) is 37.0 Å². The Balaban J connectivity index is 1.43. The Morgan fingerprint density at radius 1 is 1.19 bits per heavy atom. The molecule has 1 fully saturated rings. The number of hydrogen-bond donors (Lipinski definition) is 1. The van der Waals surface area contributed by atoms with Crippen LogP contribution in [0.4, 0.5) is 11.6 Å². The summed E-state index contributed by atoms with van der Waals surface area (Å²) in [5.74, 6) is 1.26. The van der Waals surface area contributed by atoms with Gasteiger partial charge in [0.1, 0.15) is 0 Å². The summed E-state index contributed by atoms with van der Waals surface area (Å²) >= 11 is 0. The van der Waals surface area contributed by atoms with Gasteiger partial charge in [-0.1, -0.05) is 6.07 Å². The van der Waals surface area contributed by atoms with Gasteiger partial charge in [-0.15, -0.1) is 5.10 Å². The van der Waals surface area contributed by atoms with Crippen LogP contribution >= 0.6 is 0 Å². The lowest BCUT2D eigenvalue weighted by Gasteiger charge is -2.21. The van der Waals surface area contributed by atoms with E-state index in [2.05, 4.69) is 39.7 Å². The monoisotopic (exact) mass is 362 g/mol. The number of aryl methyl sites for hydroxylation is 1. The maximum Gasteiger partial charge on any atom is 0.247 e. The lowest BCUT2D eigenvalue weighted by atomic mass is 9.95. The number of pyridine rings is 1. The van der Waals surface area contributed by atoms with Gasteiger partial charge in [-0.3, -0.25) is 4.68 Å². The molecule has 7 nitrogen and oxygen atoms in total. The van der Waals surface area contributed by atoms with E-state index in [1.54, 1.807) is 0 Å². The summed E-state index contributed by atoms with van der Waals surface area (Å²) in [6.45, 7) is 1.72. The molecule has 27 heavy (non-hydrogen) atoms. The van der Waals surface area contributed by atoms with Crippen molar-refractivity contribution in [1.29, 1.82) is 0 Å². The van der Waals surface area contributed by atoms with Crippen LogP contribution < -0.4 is 5.32 Å². The second-order valence-electron chi connectivity index (χ2n) is 7.15. The molecule has 0 radical (unpaired) electrons. The van der Waals surface area contributed by atoms with Crippen molar-refractivity contribution in [2.45, 2.75) is 19.3 Å². The highest BCUT2D eigenvalue weighted by Gasteiger charge is 2.17. The van der Waals surface area contributed by atoms with Crippen molar-refractivity contribution in [3.8, 4) is 0 Å². The average Bonchev–Trinajstić information content (AvgIpc) is 3.27. The number of aromatic nitrogens is 5. The van der Waals surface area contributed by atoms with Crippen LogP contribution in [0.15, 0.2) is 42.6 Å².